The molecule has 0 spiro atoms. The van der Waals surface area contributed by atoms with Crippen molar-refractivity contribution in [2.75, 3.05) is 25.0 Å². The Morgan fingerprint density at radius 2 is 1.96 bits per heavy atom. The zero-order valence-electron chi connectivity index (χ0n) is 12.5. The first kappa shape index (κ1) is 17.8. The van der Waals surface area contributed by atoms with Gasteiger partial charge < -0.3 is 4.90 Å². The molecule has 0 saturated carbocycles. The van der Waals surface area contributed by atoms with E-state index in [1.165, 1.54) is 0 Å². The largest absolute Gasteiger partial charge is 0.357 e. The molecule has 0 fully saturated rings. The van der Waals surface area contributed by atoms with E-state index in [9.17, 15) is 0 Å². The van der Waals surface area contributed by atoms with Gasteiger partial charge in [-0.2, -0.15) is 0 Å². The molecule has 1 aromatic heterocycles. The molecule has 0 unspecified atom stereocenters. The fourth-order valence-corrected chi connectivity index (χ4v) is 2.65. The van der Waals surface area contributed by atoms with E-state index in [-0.39, 0.29) is 12.4 Å². The monoisotopic (exact) mass is 367 g/mol. The molecule has 2 heterocycles. The van der Waals surface area contributed by atoms with Crippen molar-refractivity contribution in [3.63, 3.8) is 0 Å². The number of benzene rings is 1. The summed E-state index contributed by atoms with van der Waals surface area (Å²) in [5.41, 5.74) is 2.96. The summed E-state index contributed by atoms with van der Waals surface area (Å²) < 4.78 is 0. The molecule has 3 rings (SSSR count). The van der Waals surface area contributed by atoms with Crippen LogP contribution in [0.15, 0.2) is 47.6 Å². The summed E-state index contributed by atoms with van der Waals surface area (Å²) in [5, 5.41) is 1.11. The molecule has 0 bridgehead atoms. The zero-order valence-corrected chi connectivity index (χ0v) is 14.9. The van der Waals surface area contributed by atoms with Gasteiger partial charge in [0, 0.05) is 25.4 Å². The van der Waals surface area contributed by atoms with E-state index >= 15 is 0 Å². The maximum absolute atomic E-state index is 6.05. The Morgan fingerprint density at radius 3 is 2.74 bits per heavy atom. The highest BCUT2D eigenvalue weighted by atomic mass is 35.5. The summed E-state index contributed by atoms with van der Waals surface area (Å²) in [5.74, 6) is 0.956. The minimum Gasteiger partial charge on any atom is -0.357 e. The maximum atomic E-state index is 6.05. The molecule has 1 aliphatic rings. The highest BCUT2D eigenvalue weighted by Crippen LogP contribution is 2.24. The number of hydrogen-bond donors (Lipinski definition) is 0. The Balaban J connectivity index is 0.00000192. The summed E-state index contributed by atoms with van der Waals surface area (Å²) in [6.07, 6.45) is 5.79. The van der Waals surface area contributed by atoms with Crippen molar-refractivity contribution in [3.8, 4) is 0 Å². The van der Waals surface area contributed by atoms with Crippen molar-refractivity contribution >= 4 is 53.2 Å². The number of allylic oxidation sites excluding steroid dienone is 1. The van der Waals surface area contributed by atoms with Crippen molar-refractivity contribution in [1.29, 1.82) is 0 Å². The van der Waals surface area contributed by atoms with Crippen LogP contribution < -0.4 is 4.90 Å². The Kier molecular flexibility index (Phi) is 6.05. The van der Waals surface area contributed by atoms with Crippen LogP contribution in [0.4, 0.5) is 5.82 Å². The lowest BCUT2D eigenvalue weighted by Crippen LogP contribution is -2.21. The van der Waals surface area contributed by atoms with E-state index in [0.29, 0.717) is 10.0 Å². The van der Waals surface area contributed by atoms with Gasteiger partial charge in [0.25, 0.3) is 0 Å². The maximum Gasteiger partial charge on any atom is 0.137 e. The molecular formula is C17H16Cl3N3. The van der Waals surface area contributed by atoms with E-state index < -0.39 is 0 Å². The first-order valence-electron chi connectivity index (χ1n) is 6.99. The van der Waals surface area contributed by atoms with E-state index in [2.05, 4.69) is 14.9 Å². The van der Waals surface area contributed by atoms with Crippen LogP contribution in [0.5, 0.6) is 0 Å². The molecule has 3 nitrogen and oxygen atoms in total. The number of aliphatic imine (C=N–C) groups is 1. The molecule has 0 radical (unpaired) electrons. The molecule has 0 amide bonds. The Morgan fingerprint density at radius 1 is 1.13 bits per heavy atom. The summed E-state index contributed by atoms with van der Waals surface area (Å²) in [7, 11) is 2.03. The van der Waals surface area contributed by atoms with Gasteiger partial charge in [0.1, 0.15) is 5.82 Å². The van der Waals surface area contributed by atoms with Crippen LogP contribution in [0.25, 0.3) is 6.08 Å². The van der Waals surface area contributed by atoms with Gasteiger partial charge in [0.2, 0.25) is 0 Å². The van der Waals surface area contributed by atoms with E-state index in [0.717, 1.165) is 35.7 Å². The number of anilines is 1. The van der Waals surface area contributed by atoms with E-state index in [4.69, 9.17) is 23.2 Å². The predicted molar refractivity (Wildman–Crippen MR) is 102 cm³/mol. The van der Waals surface area contributed by atoms with Gasteiger partial charge in [0.05, 0.1) is 22.3 Å². The standard InChI is InChI=1S/C17H15Cl2N3.ClH/c1-22-10-9-20-16(13-3-2-8-21-17(13)22)7-5-12-4-6-14(18)15(19)11-12;/h2-8,11H,9-10H2,1H3;1H/b7-5+;. The van der Waals surface area contributed by atoms with E-state index in [1.54, 1.807) is 12.3 Å². The van der Waals surface area contributed by atoms with Crippen LogP contribution in [0, 0.1) is 0 Å². The summed E-state index contributed by atoms with van der Waals surface area (Å²) in [4.78, 5) is 11.2. The molecule has 2 aromatic rings. The third kappa shape index (κ3) is 4.05. The van der Waals surface area contributed by atoms with Crippen LogP contribution in [0.3, 0.4) is 0 Å². The molecular weight excluding hydrogens is 353 g/mol. The highest BCUT2D eigenvalue weighted by Gasteiger charge is 2.15. The number of pyridine rings is 1. The zero-order chi connectivity index (χ0) is 15.5. The molecule has 120 valence electrons. The topological polar surface area (TPSA) is 28.5 Å². The smallest absolute Gasteiger partial charge is 0.137 e. The van der Waals surface area contributed by atoms with Gasteiger partial charge in [0.15, 0.2) is 0 Å². The second-order valence-corrected chi connectivity index (χ2v) is 5.88. The third-order valence-corrected chi connectivity index (χ3v) is 4.26. The average Bonchev–Trinajstić information content (AvgIpc) is 2.68. The number of rotatable bonds is 2. The Hall–Kier alpha value is -1.55. The lowest BCUT2D eigenvalue weighted by molar-refractivity contribution is 0.880. The van der Waals surface area contributed by atoms with Crippen LogP contribution in [0.1, 0.15) is 11.1 Å². The van der Waals surface area contributed by atoms with Gasteiger partial charge in [-0.1, -0.05) is 35.3 Å². The summed E-state index contributed by atoms with van der Waals surface area (Å²) in [6.45, 7) is 1.60. The second-order valence-electron chi connectivity index (χ2n) is 5.07. The molecule has 0 N–H and O–H groups in total. The minimum atomic E-state index is 0. The van der Waals surface area contributed by atoms with Gasteiger partial charge >= 0.3 is 0 Å². The predicted octanol–water partition coefficient (Wildman–Crippen LogP) is 4.76. The number of fused-ring (bicyclic) bond motifs is 1. The van der Waals surface area contributed by atoms with Crippen LogP contribution in [-0.4, -0.2) is 30.8 Å². The summed E-state index contributed by atoms with van der Waals surface area (Å²) >= 11 is 12.0. The molecule has 0 atom stereocenters. The minimum absolute atomic E-state index is 0. The quantitative estimate of drug-likeness (QED) is 0.764. The number of hydrogen-bond acceptors (Lipinski definition) is 3. The Labute approximate surface area is 152 Å². The van der Waals surface area contributed by atoms with Gasteiger partial charge in [-0.05, 0) is 35.9 Å². The highest BCUT2D eigenvalue weighted by molar-refractivity contribution is 6.42. The van der Waals surface area contributed by atoms with Gasteiger partial charge in [-0.15, -0.1) is 12.4 Å². The van der Waals surface area contributed by atoms with Crippen LogP contribution in [0.2, 0.25) is 10.0 Å². The molecule has 23 heavy (non-hydrogen) atoms. The van der Waals surface area contributed by atoms with Crippen molar-refractivity contribution in [2.45, 2.75) is 0 Å². The molecule has 1 aliphatic heterocycles. The van der Waals surface area contributed by atoms with Crippen LogP contribution in [-0.2, 0) is 0 Å². The lowest BCUT2D eigenvalue weighted by atomic mass is 10.1. The normalized spacial score (nSPS) is 14.0. The molecule has 0 saturated heterocycles. The molecule has 0 aliphatic carbocycles. The second kappa shape index (κ2) is 7.82. The summed E-state index contributed by atoms with van der Waals surface area (Å²) in [6, 6.07) is 9.54. The van der Waals surface area contributed by atoms with E-state index in [1.807, 2.05) is 43.5 Å². The van der Waals surface area contributed by atoms with Crippen LogP contribution >= 0.6 is 35.6 Å². The lowest BCUT2D eigenvalue weighted by Gasteiger charge is -2.16. The number of likely N-dealkylation sites (N-methyl/N-ethyl adjacent to an activating group) is 1. The van der Waals surface area contributed by atoms with Gasteiger partial charge in [-0.25, -0.2) is 4.98 Å². The molecule has 1 aromatic carbocycles. The average molecular weight is 369 g/mol. The van der Waals surface area contributed by atoms with Crippen molar-refractivity contribution in [1.82, 2.24) is 4.98 Å². The molecule has 6 heteroatoms. The number of nitrogens with zero attached hydrogens (tertiary/aromatic N) is 3. The number of aromatic nitrogens is 1. The fraction of sp³-hybridized carbons (Fsp3) is 0.176. The van der Waals surface area contributed by atoms with Crippen molar-refractivity contribution < 1.29 is 0 Å². The van der Waals surface area contributed by atoms with Crippen molar-refractivity contribution in [2.24, 2.45) is 4.99 Å². The first-order valence-corrected chi connectivity index (χ1v) is 7.75. The van der Waals surface area contributed by atoms with Gasteiger partial charge in [-0.3, -0.25) is 4.99 Å². The third-order valence-electron chi connectivity index (χ3n) is 3.52. The SMILES string of the molecule is CN1CCN=C(/C=C/c2ccc(Cl)c(Cl)c2)c2cccnc21.Cl. The number of halogens is 3. The fourth-order valence-electron chi connectivity index (χ4n) is 2.35. The Bertz CT molecular complexity index is 756. The van der Waals surface area contributed by atoms with Crippen molar-refractivity contribution in [3.05, 3.63) is 63.8 Å². The first-order chi connectivity index (χ1) is 10.6.